The Morgan fingerprint density at radius 1 is 1.03 bits per heavy atom. The highest BCUT2D eigenvalue weighted by atomic mass is 16.5. The second kappa shape index (κ2) is 5.96. The summed E-state index contributed by atoms with van der Waals surface area (Å²) in [5.41, 5.74) is 2.01. The Labute approximate surface area is 167 Å². The maximum absolute atomic E-state index is 10.4. The van der Waals surface area contributed by atoms with Crippen LogP contribution in [-0.4, -0.2) is 52.5 Å². The summed E-state index contributed by atoms with van der Waals surface area (Å²) in [6.07, 6.45) is 11.9. The lowest BCUT2D eigenvalue weighted by atomic mass is 9.92. The molecule has 0 aromatic carbocycles. The van der Waals surface area contributed by atoms with Crippen molar-refractivity contribution in [1.29, 1.82) is 0 Å². The highest BCUT2D eigenvalue weighted by Crippen LogP contribution is 2.53. The summed E-state index contributed by atoms with van der Waals surface area (Å²) in [4.78, 5) is 5.69. The van der Waals surface area contributed by atoms with E-state index >= 15 is 0 Å². The van der Waals surface area contributed by atoms with E-state index in [0.29, 0.717) is 34.0 Å². The van der Waals surface area contributed by atoms with Crippen molar-refractivity contribution in [3.05, 3.63) is 36.8 Å². The van der Waals surface area contributed by atoms with E-state index in [1.807, 2.05) is 0 Å². The first-order valence-corrected chi connectivity index (χ1v) is 9.98. The fourth-order valence-corrected chi connectivity index (χ4v) is 4.43. The van der Waals surface area contributed by atoms with E-state index in [1.54, 1.807) is 36.8 Å². The third-order valence-electron chi connectivity index (χ3n) is 6.15. The predicted molar refractivity (Wildman–Crippen MR) is 103 cm³/mol. The molecule has 9 heteroatoms. The van der Waals surface area contributed by atoms with Gasteiger partial charge in [0, 0.05) is 36.1 Å². The maximum Gasteiger partial charge on any atom is 0.233 e. The molecule has 1 saturated heterocycles. The van der Waals surface area contributed by atoms with Crippen molar-refractivity contribution in [3.63, 3.8) is 0 Å². The summed E-state index contributed by atoms with van der Waals surface area (Å²) in [5, 5.41) is 30.7. The number of pyridine rings is 1. The molecule has 2 aliphatic carbocycles. The Bertz CT molecular complexity index is 1020. The summed E-state index contributed by atoms with van der Waals surface area (Å²) in [7, 11) is 0. The van der Waals surface area contributed by atoms with Crippen LogP contribution in [0.25, 0.3) is 17.1 Å². The van der Waals surface area contributed by atoms with Gasteiger partial charge in [-0.15, -0.1) is 15.0 Å². The molecule has 0 bridgehead atoms. The fraction of sp³-hybridized carbons (Fsp3) is 0.450. The summed E-state index contributed by atoms with van der Waals surface area (Å²) in [5.74, 6) is 0.511. The van der Waals surface area contributed by atoms with Gasteiger partial charge in [-0.2, -0.15) is 10.2 Å². The van der Waals surface area contributed by atoms with Crippen LogP contribution in [0.4, 0.5) is 0 Å². The SMILES string of the molecule is Oc1cc(-n2nccn2)cnc1-c1ccc(OC2CC3(CC3)NC3(CC3)C2)nn1. The van der Waals surface area contributed by atoms with Gasteiger partial charge < -0.3 is 15.2 Å². The number of aromatic nitrogens is 6. The zero-order valence-electron chi connectivity index (χ0n) is 15.8. The van der Waals surface area contributed by atoms with E-state index in [4.69, 9.17) is 4.74 Å². The standard InChI is InChI=1S/C20H21N7O2/c28-16-9-13(27-22-7-8-23-27)12-21-18(16)15-1-2-17(25-24-15)29-14-10-19(3-4-19)26-20(11-14)5-6-20/h1-2,7-9,12,14,26,28H,3-6,10-11H2. The number of nitrogens with zero attached hydrogens (tertiary/aromatic N) is 6. The monoisotopic (exact) mass is 391 g/mol. The van der Waals surface area contributed by atoms with Crippen molar-refractivity contribution in [1.82, 2.24) is 35.5 Å². The zero-order valence-corrected chi connectivity index (χ0v) is 15.8. The second-order valence-corrected chi connectivity index (χ2v) is 8.47. The van der Waals surface area contributed by atoms with Gasteiger partial charge in [0.05, 0.1) is 18.6 Å². The van der Waals surface area contributed by atoms with Gasteiger partial charge in [0.1, 0.15) is 28.9 Å². The van der Waals surface area contributed by atoms with Crippen LogP contribution in [-0.2, 0) is 0 Å². The lowest BCUT2D eigenvalue weighted by Gasteiger charge is -2.37. The number of ether oxygens (including phenoxy) is 1. The second-order valence-electron chi connectivity index (χ2n) is 8.47. The van der Waals surface area contributed by atoms with Crippen molar-refractivity contribution >= 4 is 0 Å². The van der Waals surface area contributed by atoms with Crippen LogP contribution in [0.1, 0.15) is 38.5 Å². The van der Waals surface area contributed by atoms with E-state index in [0.717, 1.165) is 12.8 Å². The highest BCUT2D eigenvalue weighted by Gasteiger charge is 2.59. The summed E-state index contributed by atoms with van der Waals surface area (Å²) in [6.45, 7) is 0. The first-order valence-electron chi connectivity index (χ1n) is 9.98. The molecule has 6 rings (SSSR count). The maximum atomic E-state index is 10.4. The van der Waals surface area contributed by atoms with Crippen LogP contribution in [0.2, 0.25) is 0 Å². The van der Waals surface area contributed by atoms with Crippen molar-refractivity contribution in [2.24, 2.45) is 0 Å². The summed E-state index contributed by atoms with van der Waals surface area (Å²) >= 11 is 0. The molecule has 2 spiro atoms. The van der Waals surface area contributed by atoms with Crippen molar-refractivity contribution < 1.29 is 9.84 Å². The molecule has 2 saturated carbocycles. The molecule has 4 heterocycles. The third-order valence-corrected chi connectivity index (χ3v) is 6.15. The molecule has 0 unspecified atom stereocenters. The molecule has 2 N–H and O–H groups in total. The van der Waals surface area contributed by atoms with Crippen molar-refractivity contribution in [2.45, 2.75) is 55.7 Å². The summed E-state index contributed by atoms with van der Waals surface area (Å²) < 4.78 is 6.18. The Hall–Kier alpha value is -3.07. The van der Waals surface area contributed by atoms with Gasteiger partial charge in [-0.1, -0.05) is 0 Å². The Balaban J connectivity index is 1.19. The van der Waals surface area contributed by atoms with E-state index in [9.17, 15) is 5.11 Å². The number of aromatic hydroxyl groups is 1. The molecular weight excluding hydrogens is 370 g/mol. The molecule has 0 radical (unpaired) electrons. The molecule has 3 aromatic rings. The lowest BCUT2D eigenvalue weighted by molar-refractivity contribution is 0.0951. The third kappa shape index (κ3) is 3.11. The molecule has 3 aromatic heterocycles. The number of hydrogen-bond acceptors (Lipinski definition) is 8. The van der Waals surface area contributed by atoms with E-state index in [-0.39, 0.29) is 11.9 Å². The summed E-state index contributed by atoms with van der Waals surface area (Å²) in [6, 6.07) is 5.12. The van der Waals surface area contributed by atoms with Gasteiger partial charge >= 0.3 is 0 Å². The molecule has 3 aliphatic rings. The fourth-order valence-electron chi connectivity index (χ4n) is 4.43. The molecule has 3 fully saturated rings. The number of piperidine rings is 1. The van der Waals surface area contributed by atoms with Gasteiger partial charge in [0.15, 0.2) is 0 Å². The normalized spacial score (nSPS) is 23.2. The topological polar surface area (TPSA) is 111 Å². The highest BCUT2D eigenvalue weighted by molar-refractivity contribution is 5.63. The molecular formula is C20H21N7O2. The van der Waals surface area contributed by atoms with Gasteiger partial charge in [-0.05, 0) is 31.7 Å². The minimum Gasteiger partial charge on any atom is -0.506 e. The first-order chi connectivity index (χ1) is 14.1. The minimum atomic E-state index is -0.00697. The van der Waals surface area contributed by atoms with Crippen LogP contribution in [0.5, 0.6) is 11.6 Å². The number of hydrogen-bond donors (Lipinski definition) is 2. The minimum absolute atomic E-state index is 0.00697. The predicted octanol–water partition coefficient (Wildman–Crippen LogP) is 2.02. The Morgan fingerprint density at radius 3 is 2.34 bits per heavy atom. The smallest absolute Gasteiger partial charge is 0.233 e. The molecule has 0 atom stereocenters. The van der Waals surface area contributed by atoms with E-state index in [2.05, 4.69) is 30.7 Å². The first kappa shape index (κ1) is 16.8. The van der Waals surface area contributed by atoms with Crippen LogP contribution in [0, 0.1) is 0 Å². The molecule has 9 nitrogen and oxygen atoms in total. The van der Waals surface area contributed by atoms with Crippen LogP contribution >= 0.6 is 0 Å². The molecule has 0 amide bonds. The van der Waals surface area contributed by atoms with Crippen LogP contribution in [0.3, 0.4) is 0 Å². The Morgan fingerprint density at radius 2 is 1.76 bits per heavy atom. The van der Waals surface area contributed by atoms with Crippen molar-refractivity contribution in [3.8, 4) is 28.7 Å². The Kier molecular flexibility index (Phi) is 3.46. The van der Waals surface area contributed by atoms with Gasteiger partial charge in [-0.3, -0.25) is 0 Å². The molecule has 148 valence electrons. The van der Waals surface area contributed by atoms with Crippen LogP contribution < -0.4 is 10.1 Å². The number of rotatable bonds is 4. The van der Waals surface area contributed by atoms with E-state index in [1.165, 1.54) is 30.5 Å². The zero-order chi connectivity index (χ0) is 19.5. The average Bonchev–Trinajstić information content (AvgIpc) is 3.56. The van der Waals surface area contributed by atoms with Crippen molar-refractivity contribution in [2.75, 3.05) is 0 Å². The van der Waals surface area contributed by atoms with Gasteiger partial charge in [0.25, 0.3) is 0 Å². The lowest BCUT2D eigenvalue weighted by Crippen LogP contribution is -2.52. The van der Waals surface area contributed by atoms with Gasteiger partial charge in [-0.25, -0.2) is 4.98 Å². The van der Waals surface area contributed by atoms with E-state index < -0.39 is 0 Å². The molecule has 29 heavy (non-hydrogen) atoms. The molecule has 1 aliphatic heterocycles. The average molecular weight is 391 g/mol. The largest absolute Gasteiger partial charge is 0.506 e. The van der Waals surface area contributed by atoms with Gasteiger partial charge in [0.2, 0.25) is 5.88 Å². The number of nitrogens with one attached hydrogen (secondary N) is 1. The van der Waals surface area contributed by atoms with Crippen LogP contribution in [0.15, 0.2) is 36.8 Å². The quantitative estimate of drug-likeness (QED) is 0.695.